The Labute approximate surface area is 133 Å². The summed E-state index contributed by atoms with van der Waals surface area (Å²) < 4.78 is 10.5. The SMILES string of the molecule is COc1ccc2cc(NC(=O)/C=C/c3ccc(C)o3)cnc2c1. The second-order valence-electron chi connectivity index (χ2n) is 5.05. The number of hydrogen-bond donors (Lipinski definition) is 1. The average Bonchev–Trinajstić information content (AvgIpc) is 2.98. The summed E-state index contributed by atoms with van der Waals surface area (Å²) in [5.74, 6) is 1.95. The van der Waals surface area contributed by atoms with Crippen LogP contribution in [0.3, 0.4) is 0 Å². The van der Waals surface area contributed by atoms with Gasteiger partial charge in [0.25, 0.3) is 0 Å². The van der Waals surface area contributed by atoms with Gasteiger partial charge in [0, 0.05) is 17.5 Å². The summed E-state index contributed by atoms with van der Waals surface area (Å²) in [5, 5.41) is 3.70. The summed E-state index contributed by atoms with van der Waals surface area (Å²) in [6.45, 7) is 1.85. The quantitative estimate of drug-likeness (QED) is 0.745. The van der Waals surface area contributed by atoms with Crippen molar-refractivity contribution >= 4 is 28.6 Å². The number of nitrogens with zero attached hydrogens (tertiary/aromatic N) is 1. The van der Waals surface area contributed by atoms with Gasteiger partial charge in [0.15, 0.2) is 0 Å². The van der Waals surface area contributed by atoms with Gasteiger partial charge in [0.1, 0.15) is 17.3 Å². The maximum absolute atomic E-state index is 11.9. The van der Waals surface area contributed by atoms with Gasteiger partial charge in [0.05, 0.1) is 24.5 Å². The molecule has 23 heavy (non-hydrogen) atoms. The average molecular weight is 308 g/mol. The fourth-order valence-electron chi connectivity index (χ4n) is 2.18. The molecule has 116 valence electrons. The van der Waals surface area contributed by atoms with E-state index >= 15 is 0 Å². The summed E-state index contributed by atoms with van der Waals surface area (Å²) in [4.78, 5) is 16.3. The number of methoxy groups -OCH3 is 1. The van der Waals surface area contributed by atoms with Crippen molar-refractivity contribution in [2.75, 3.05) is 12.4 Å². The first-order valence-electron chi connectivity index (χ1n) is 7.13. The Morgan fingerprint density at radius 2 is 2.13 bits per heavy atom. The van der Waals surface area contributed by atoms with E-state index in [0.717, 1.165) is 22.4 Å². The van der Waals surface area contributed by atoms with Crippen LogP contribution in [0.4, 0.5) is 5.69 Å². The van der Waals surface area contributed by atoms with Crippen molar-refractivity contribution in [1.82, 2.24) is 4.98 Å². The van der Waals surface area contributed by atoms with Gasteiger partial charge in [-0.05, 0) is 43.3 Å². The van der Waals surface area contributed by atoms with Crippen molar-refractivity contribution < 1.29 is 13.9 Å². The van der Waals surface area contributed by atoms with Gasteiger partial charge in [-0.2, -0.15) is 0 Å². The fourth-order valence-corrected chi connectivity index (χ4v) is 2.18. The Kier molecular flexibility index (Phi) is 4.10. The molecule has 0 radical (unpaired) electrons. The van der Waals surface area contributed by atoms with Crippen LogP contribution in [0.25, 0.3) is 17.0 Å². The predicted octanol–water partition coefficient (Wildman–Crippen LogP) is 3.80. The summed E-state index contributed by atoms with van der Waals surface area (Å²) in [5.41, 5.74) is 1.44. The van der Waals surface area contributed by atoms with Crippen molar-refractivity contribution in [2.24, 2.45) is 0 Å². The topological polar surface area (TPSA) is 64.4 Å². The first-order chi connectivity index (χ1) is 11.1. The predicted molar refractivity (Wildman–Crippen MR) is 89.4 cm³/mol. The first-order valence-corrected chi connectivity index (χ1v) is 7.13. The van der Waals surface area contributed by atoms with Crippen LogP contribution in [-0.4, -0.2) is 18.0 Å². The van der Waals surface area contributed by atoms with Crippen molar-refractivity contribution in [3.8, 4) is 5.75 Å². The largest absolute Gasteiger partial charge is 0.497 e. The number of carbonyl (C=O) groups excluding carboxylic acids is 1. The first kappa shape index (κ1) is 14.8. The number of carbonyl (C=O) groups is 1. The third-order valence-corrected chi connectivity index (χ3v) is 3.32. The van der Waals surface area contributed by atoms with Gasteiger partial charge in [-0.3, -0.25) is 9.78 Å². The van der Waals surface area contributed by atoms with Crippen molar-refractivity contribution in [3.05, 3.63) is 60.2 Å². The number of rotatable bonds is 4. The van der Waals surface area contributed by atoms with Gasteiger partial charge in [-0.25, -0.2) is 0 Å². The second kappa shape index (κ2) is 6.36. The lowest BCUT2D eigenvalue weighted by molar-refractivity contribution is -0.111. The van der Waals surface area contributed by atoms with Gasteiger partial charge in [0.2, 0.25) is 5.91 Å². The standard InChI is InChI=1S/C18H16N2O3/c1-12-3-5-15(23-12)7-8-18(21)20-14-9-13-4-6-16(22-2)10-17(13)19-11-14/h3-11H,1-2H3,(H,20,21)/b8-7+. The van der Waals surface area contributed by atoms with Crippen LogP contribution in [0.2, 0.25) is 0 Å². The van der Waals surface area contributed by atoms with E-state index in [2.05, 4.69) is 10.3 Å². The highest BCUT2D eigenvalue weighted by Crippen LogP contribution is 2.21. The van der Waals surface area contributed by atoms with Crippen molar-refractivity contribution in [1.29, 1.82) is 0 Å². The molecule has 0 spiro atoms. The van der Waals surface area contributed by atoms with E-state index < -0.39 is 0 Å². The van der Waals surface area contributed by atoms with E-state index in [1.165, 1.54) is 6.08 Å². The molecule has 2 heterocycles. The molecule has 0 aliphatic rings. The monoisotopic (exact) mass is 308 g/mol. The van der Waals surface area contributed by atoms with Crippen LogP contribution in [-0.2, 0) is 4.79 Å². The molecule has 5 heteroatoms. The highest BCUT2D eigenvalue weighted by atomic mass is 16.5. The van der Waals surface area contributed by atoms with Crippen LogP contribution in [0.5, 0.6) is 5.75 Å². The van der Waals surface area contributed by atoms with Gasteiger partial charge < -0.3 is 14.5 Å². The normalized spacial score (nSPS) is 11.0. The smallest absolute Gasteiger partial charge is 0.248 e. The van der Waals surface area contributed by atoms with Gasteiger partial charge >= 0.3 is 0 Å². The molecule has 0 aliphatic heterocycles. The number of aryl methyl sites for hydroxylation is 1. The number of nitrogens with one attached hydrogen (secondary N) is 1. The molecule has 0 atom stereocenters. The summed E-state index contributed by atoms with van der Waals surface area (Å²) in [6, 6.07) is 11.1. The fraction of sp³-hybridized carbons (Fsp3) is 0.111. The number of ether oxygens (including phenoxy) is 1. The minimum absolute atomic E-state index is 0.242. The number of anilines is 1. The van der Waals surface area contributed by atoms with E-state index in [1.54, 1.807) is 19.4 Å². The van der Waals surface area contributed by atoms with E-state index in [0.29, 0.717) is 11.4 Å². The maximum atomic E-state index is 11.9. The molecule has 3 aromatic rings. The van der Waals surface area contributed by atoms with E-state index in [1.807, 2.05) is 43.3 Å². The van der Waals surface area contributed by atoms with E-state index in [-0.39, 0.29) is 5.91 Å². The van der Waals surface area contributed by atoms with Crippen LogP contribution < -0.4 is 10.1 Å². The number of furan rings is 1. The highest BCUT2D eigenvalue weighted by molar-refractivity contribution is 6.02. The molecular formula is C18H16N2O3. The lowest BCUT2D eigenvalue weighted by Gasteiger charge is -2.05. The number of fused-ring (bicyclic) bond motifs is 1. The number of aromatic nitrogens is 1. The lowest BCUT2D eigenvalue weighted by atomic mass is 10.2. The lowest BCUT2D eigenvalue weighted by Crippen LogP contribution is -2.07. The molecule has 3 rings (SSSR count). The van der Waals surface area contributed by atoms with Gasteiger partial charge in [-0.1, -0.05) is 0 Å². The minimum Gasteiger partial charge on any atom is -0.497 e. The summed E-state index contributed by atoms with van der Waals surface area (Å²) in [7, 11) is 1.61. The Morgan fingerprint density at radius 1 is 1.26 bits per heavy atom. The third kappa shape index (κ3) is 3.58. The number of pyridine rings is 1. The van der Waals surface area contributed by atoms with Crippen LogP contribution in [0, 0.1) is 6.92 Å². The third-order valence-electron chi connectivity index (χ3n) is 3.32. The van der Waals surface area contributed by atoms with E-state index in [4.69, 9.17) is 9.15 Å². The minimum atomic E-state index is -0.242. The molecule has 0 bridgehead atoms. The Balaban J connectivity index is 1.73. The zero-order chi connectivity index (χ0) is 16.2. The second-order valence-corrected chi connectivity index (χ2v) is 5.05. The van der Waals surface area contributed by atoms with Crippen molar-refractivity contribution in [3.63, 3.8) is 0 Å². The molecule has 0 unspecified atom stereocenters. The highest BCUT2D eigenvalue weighted by Gasteiger charge is 2.03. The Bertz CT molecular complexity index is 881. The summed E-state index contributed by atoms with van der Waals surface area (Å²) >= 11 is 0. The number of benzene rings is 1. The summed E-state index contributed by atoms with van der Waals surface area (Å²) in [6.07, 6.45) is 4.67. The Hall–Kier alpha value is -3.08. The molecule has 0 fully saturated rings. The van der Waals surface area contributed by atoms with Gasteiger partial charge in [-0.15, -0.1) is 0 Å². The Morgan fingerprint density at radius 3 is 2.87 bits per heavy atom. The molecule has 1 aromatic carbocycles. The molecule has 2 aromatic heterocycles. The molecule has 0 saturated carbocycles. The molecule has 1 amide bonds. The van der Waals surface area contributed by atoms with Crippen LogP contribution in [0.15, 0.2) is 53.1 Å². The number of amides is 1. The number of hydrogen-bond acceptors (Lipinski definition) is 4. The molecule has 0 aliphatic carbocycles. The van der Waals surface area contributed by atoms with Crippen molar-refractivity contribution in [2.45, 2.75) is 6.92 Å². The zero-order valence-electron chi connectivity index (χ0n) is 12.9. The van der Waals surface area contributed by atoms with Crippen LogP contribution >= 0.6 is 0 Å². The molecule has 5 nitrogen and oxygen atoms in total. The molecule has 1 N–H and O–H groups in total. The maximum Gasteiger partial charge on any atom is 0.248 e. The molecular weight excluding hydrogens is 292 g/mol. The molecule has 0 saturated heterocycles. The van der Waals surface area contributed by atoms with Crippen LogP contribution in [0.1, 0.15) is 11.5 Å². The van der Waals surface area contributed by atoms with E-state index in [9.17, 15) is 4.79 Å². The zero-order valence-corrected chi connectivity index (χ0v) is 12.9.